The predicted octanol–water partition coefficient (Wildman–Crippen LogP) is 5.55. The molecule has 0 amide bonds. The van der Waals surface area contributed by atoms with Gasteiger partial charge in [-0.15, -0.1) is 0 Å². The van der Waals surface area contributed by atoms with E-state index in [-0.39, 0.29) is 0 Å². The average molecular weight is 266 g/mol. The Hall–Kier alpha value is -1.60. The molecule has 0 aliphatic heterocycles. The molecule has 98 valence electrons. The van der Waals surface area contributed by atoms with Gasteiger partial charge >= 0.3 is 0 Å². The van der Waals surface area contributed by atoms with Crippen LogP contribution in [-0.2, 0) is 0 Å². The van der Waals surface area contributed by atoms with E-state index in [0.717, 1.165) is 0 Å². The predicted molar refractivity (Wildman–Crippen MR) is 89.0 cm³/mol. The van der Waals surface area contributed by atoms with Gasteiger partial charge in [-0.1, -0.05) is 79.9 Å². The van der Waals surface area contributed by atoms with E-state index in [9.17, 15) is 0 Å². The van der Waals surface area contributed by atoms with E-state index in [4.69, 9.17) is 0 Å². The summed E-state index contributed by atoms with van der Waals surface area (Å²) in [6.07, 6.45) is 2.26. The SMILES string of the molecule is Cc1ccccc1-c1ccc(C=C[Si](C)(C)C)cc1. The van der Waals surface area contributed by atoms with E-state index in [1.165, 1.54) is 22.3 Å². The van der Waals surface area contributed by atoms with Gasteiger partial charge in [-0.05, 0) is 29.2 Å². The number of hydrogen-bond donors (Lipinski definition) is 0. The molecule has 0 atom stereocenters. The Labute approximate surface area is 117 Å². The third-order valence-corrected chi connectivity index (χ3v) is 4.31. The van der Waals surface area contributed by atoms with Crippen LogP contribution in [0.2, 0.25) is 19.6 Å². The Morgan fingerprint density at radius 1 is 0.842 bits per heavy atom. The Morgan fingerprint density at radius 2 is 1.47 bits per heavy atom. The summed E-state index contributed by atoms with van der Waals surface area (Å²) in [5.74, 6) is 0. The van der Waals surface area contributed by atoms with Gasteiger partial charge < -0.3 is 0 Å². The molecule has 0 aliphatic rings. The summed E-state index contributed by atoms with van der Waals surface area (Å²) in [4.78, 5) is 0. The molecule has 0 fully saturated rings. The van der Waals surface area contributed by atoms with Gasteiger partial charge in [-0.2, -0.15) is 0 Å². The van der Waals surface area contributed by atoms with Crippen molar-refractivity contribution in [3.8, 4) is 11.1 Å². The third kappa shape index (κ3) is 3.93. The number of rotatable bonds is 3. The minimum atomic E-state index is -1.11. The van der Waals surface area contributed by atoms with E-state index in [1.54, 1.807) is 0 Å². The quantitative estimate of drug-likeness (QED) is 0.639. The monoisotopic (exact) mass is 266 g/mol. The van der Waals surface area contributed by atoms with Crippen molar-refractivity contribution < 1.29 is 0 Å². The highest BCUT2D eigenvalue weighted by Gasteiger charge is 2.06. The van der Waals surface area contributed by atoms with Crippen LogP contribution in [0.3, 0.4) is 0 Å². The lowest BCUT2D eigenvalue weighted by Gasteiger charge is -2.09. The van der Waals surface area contributed by atoms with Gasteiger partial charge in [-0.3, -0.25) is 0 Å². The van der Waals surface area contributed by atoms with E-state index >= 15 is 0 Å². The summed E-state index contributed by atoms with van der Waals surface area (Å²) in [5, 5.41) is 0. The van der Waals surface area contributed by atoms with Gasteiger partial charge in [-0.25, -0.2) is 0 Å². The molecule has 19 heavy (non-hydrogen) atoms. The van der Waals surface area contributed by atoms with Gasteiger partial charge in [0.25, 0.3) is 0 Å². The lowest BCUT2D eigenvalue weighted by Crippen LogP contribution is -2.15. The topological polar surface area (TPSA) is 0 Å². The second-order valence-electron chi connectivity index (χ2n) is 6.14. The fourth-order valence-electron chi connectivity index (χ4n) is 2.02. The van der Waals surface area contributed by atoms with Gasteiger partial charge in [0.15, 0.2) is 0 Å². The van der Waals surface area contributed by atoms with Crippen LogP contribution >= 0.6 is 0 Å². The first-order valence-corrected chi connectivity index (χ1v) is 10.4. The van der Waals surface area contributed by atoms with Crippen LogP contribution in [0.15, 0.2) is 54.2 Å². The minimum Gasteiger partial charge on any atom is -0.0944 e. The summed E-state index contributed by atoms with van der Waals surface area (Å²) in [7, 11) is -1.11. The molecular weight excluding hydrogens is 244 g/mol. The van der Waals surface area contributed by atoms with Crippen molar-refractivity contribution in [3.63, 3.8) is 0 Å². The fraction of sp³-hybridized carbons (Fsp3) is 0.222. The van der Waals surface area contributed by atoms with Crippen LogP contribution < -0.4 is 0 Å². The first-order valence-electron chi connectivity index (χ1n) is 6.81. The maximum absolute atomic E-state index is 2.38. The second kappa shape index (κ2) is 5.58. The summed E-state index contributed by atoms with van der Waals surface area (Å²) in [6.45, 7) is 9.22. The normalized spacial score (nSPS) is 12.0. The molecule has 0 nitrogen and oxygen atoms in total. The zero-order valence-corrected chi connectivity index (χ0v) is 13.3. The van der Waals surface area contributed by atoms with E-state index in [0.29, 0.717) is 0 Å². The van der Waals surface area contributed by atoms with Crippen molar-refractivity contribution in [2.45, 2.75) is 26.6 Å². The standard InChI is InChI=1S/C18H22Si/c1-15-7-5-6-8-18(15)17-11-9-16(10-12-17)13-14-19(2,3)4/h5-14H,1-4H3. The van der Waals surface area contributed by atoms with E-state index < -0.39 is 8.07 Å². The van der Waals surface area contributed by atoms with Crippen LogP contribution in [-0.4, -0.2) is 8.07 Å². The highest BCUT2D eigenvalue weighted by molar-refractivity contribution is 6.81. The van der Waals surface area contributed by atoms with E-state index in [1.807, 2.05) is 0 Å². The number of aryl methyl sites for hydroxylation is 1. The third-order valence-electron chi connectivity index (χ3n) is 3.14. The van der Waals surface area contributed by atoms with Crippen LogP contribution in [0.4, 0.5) is 0 Å². The summed E-state index contributed by atoms with van der Waals surface area (Å²) >= 11 is 0. The summed E-state index contributed by atoms with van der Waals surface area (Å²) in [6, 6.07) is 17.4. The Morgan fingerprint density at radius 3 is 2.05 bits per heavy atom. The zero-order chi connectivity index (χ0) is 13.9. The van der Waals surface area contributed by atoms with Gasteiger partial charge in [0.1, 0.15) is 0 Å². The maximum atomic E-state index is 2.38. The highest BCUT2D eigenvalue weighted by Crippen LogP contribution is 2.23. The second-order valence-corrected chi connectivity index (χ2v) is 11.2. The average Bonchev–Trinajstić information content (AvgIpc) is 2.37. The molecule has 0 heterocycles. The molecule has 0 spiro atoms. The maximum Gasteiger partial charge on any atom is 0.0687 e. The Bertz CT molecular complexity index is 571. The number of hydrogen-bond acceptors (Lipinski definition) is 0. The van der Waals surface area contributed by atoms with Crippen molar-refractivity contribution in [1.29, 1.82) is 0 Å². The minimum absolute atomic E-state index is 1.11. The van der Waals surface area contributed by atoms with Gasteiger partial charge in [0, 0.05) is 0 Å². The largest absolute Gasteiger partial charge is 0.0944 e. The van der Waals surface area contributed by atoms with E-state index in [2.05, 4.69) is 86.9 Å². The molecule has 2 rings (SSSR count). The lowest BCUT2D eigenvalue weighted by molar-refractivity contribution is 1.46. The van der Waals surface area contributed by atoms with Crippen molar-refractivity contribution in [3.05, 3.63) is 65.4 Å². The molecule has 0 bridgehead atoms. The van der Waals surface area contributed by atoms with Crippen molar-refractivity contribution in [1.82, 2.24) is 0 Å². The van der Waals surface area contributed by atoms with Crippen LogP contribution in [0.25, 0.3) is 17.2 Å². The lowest BCUT2D eigenvalue weighted by atomic mass is 10.00. The molecule has 0 saturated carbocycles. The first-order chi connectivity index (χ1) is 8.96. The van der Waals surface area contributed by atoms with Crippen LogP contribution in [0, 0.1) is 6.92 Å². The molecule has 1 heteroatoms. The van der Waals surface area contributed by atoms with Gasteiger partial charge in [0.05, 0.1) is 8.07 Å². The van der Waals surface area contributed by atoms with Crippen molar-refractivity contribution >= 4 is 14.1 Å². The molecular formula is C18H22Si. The smallest absolute Gasteiger partial charge is 0.0687 e. The molecule has 2 aromatic rings. The Kier molecular flexibility index (Phi) is 4.06. The molecule has 0 aromatic heterocycles. The van der Waals surface area contributed by atoms with Crippen molar-refractivity contribution in [2.75, 3.05) is 0 Å². The fourth-order valence-corrected chi connectivity index (χ4v) is 2.71. The first kappa shape index (κ1) is 13.8. The Balaban J connectivity index is 2.25. The summed E-state index contributed by atoms with van der Waals surface area (Å²) < 4.78 is 0. The molecule has 2 aromatic carbocycles. The van der Waals surface area contributed by atoms with Crippen molar-refractivity contribution in [2.24, 2.45) is 0 Å². The van der Waals surface area contributed by atoms with Crippen LogP contribution in [0.5, 0.6) is 0 Å². The molecule has 0 saturated heterocycles. The highest BCUT2D eigenvalue weighted by atomic mass is 28.3. The van der Waals surface area contributed by atoms with Gasteiger partial charge in [0.2, 0.25) is 0 Å². The molecule has 0 N–H and O–H groups in total. The summed E-state index contributed by atoms with van der Waals surface area (Å²) in [5.41, 5.74) is 7.62. The molecule has 0 radical (unpaired) electrons. The zero-order valence-electron chi connectivity index (χ0n) is 12.3. The number of benzene rings is 2. The molecule has 0 unspecified atom stereocenters. The van der Waals surface area contributed by atoms with Crippen LogP contribution in [0.1, 0.15) is 11.1 Å². The molecule has 0 aliphatic carbocycles.